The first kappa shape index (κ1) is 15.8. The third kappa shape index (κ3) is 5.50. The van der Waals surface area contributed by atoms with Crippen molar-refractivity contribution in [3.05, 3.63) is 11.8 Å². The summed E-state index contributed by atoms with van der Waals surface area (Å²) in [4.78, 5) is 13.7. The van der Waals surface area contributed by atoms with Gasteiger partial charge in [0.05, 0.1) is 12.2 Å². The van der Waals surface area contributed by atoms with E-state index in [1.807, 2.05) is 24.8 Å². The van der Waals surface area contributed by atoms with Gasteiger partial charge in [-0.15, -0.1) is 11.6 Å². The molecular formula is C13H20ClN3O2. The van der Waals surface area contributed by atoms with Crippen LogP contribution in [0.3, 0.4) is 0 Å². The number of carbonyl (C=O) groups is 1. The minimum Gasteiger partial charge on any atom is -0.372 e. The largest absolute Gasteiger partial charge is 0.372 e. The molecule has 1 aliphatic heterocycles. The predicted octanol–water partition coefficient (Wildman–Crippen LogP) is 1.25. The summed E-state index contributed by atoms with van der Waals surface area (Å²) in [6.45, 7) is 5.80. The summed E-state index contributed by atoms with van der Waals surface area (Å²) < 4.78 is 5.60. The molecule has 1 saturated heterocycles. The van der Waals surface area contributed by atoms with Gasteiger partial charge in [0.1, 0.15) is 11.6 Å². The Morgan fingerprint density at radius 2 is 2.16 bits per heavy atom. The first-order valence-electron chi connectivity index (χ1n) is 6.42. The summed E-state index contributed by atoms with van der Waals surface area (Å²) in [5.74, 6) is 0.143. The van der Waals surface area contributed by atoms with Crippen molar-refractivity contribution in [2.24, 2.45) is 0 Å². The van der Waals surface area contributed by atoms with Crippen molar-refractivity contribution < 1.29 is 9.53 Å². The average Bonchev–Trinajstić information content (AvgIpc) is 2.35. The van der Waals surface area contributed by atoms with Crippen molar-refractivity contribution in [3.63, 3.8) is 0 Å². The zero-order chi connectivity index (χ0) is 14.3. The molecule has 0 aromatic heterocycles. The van der Waals surface area contributed by atoms with Gasteiger partial charge in [-0.2, -0.15) is 5.26 Å². The number of nitrogens with one attached hydrogen (secondary N) is 1. The first-order chi connectivity index (χ1) is 9.06. The second-order valence-electron chi connectivity index (χ2n) is 4.66. The van der Waals surface area contributed by atoms with E-state index in [0.717, 1.165) is 0 Å². The zero-order valence-corrected chi connectivity index (χ0v) is 12.1. The molecule has 1 rings (SSSR count). The van der Waals surface area contributed by atoms with Gasteiger partial charge in [0.2, 0.25) is 0 Å². The van der Waals surface area contributed by atoms with E-state index in [1.165, 1.54) is 0 Å². The van der Waals surface area contributed by atoms with Crippen molar-refractivity contribution in [1.82, 2.24) is 10.2 Å². The first-order valence-corrected chi connectivity index (χ1v) is 6.95. The summed E-state index contributed by atoms with van der Waals surface area (Å²) in [6, 6.07) is 1.94. The molecule has 19 heavy (non-hydrogen) atoms. The normalized spacial score (nSPS) is 23.9. The van der Waals surface area contributed by atoms with Gasteiger partial charge in [-0.25, -0.2) is 0 Å². The van der Waals surface area contributed by atoms with Gasteiger partial charge in [0.25, 0.3) is 5.91 Å². The number of nitrogens with zero attached hydrogens (tertiary/aromatic N) is 2. The second-order valence-corrected chi connectivity index (χ2v) is 5.04. The van der Waals surface area contributed by atoms with Gasteiger partial charge in [-0.1, -0.05) is 0 Å². The SMILES string of the molecule is CC1CN(/C=C(/C#N)C(=O)NCCCCl)CC(C)O1. The monoisotopic (exact) mass is 285 g/mol. The van der Waals surface area contributed by atoms with Crippen LogP contribution < -0.4 is 5.32 Å². The van der Waals surface area contributed by atoms with Crippen molar-refractivity contribution in [2.75, 3.05) is 25.5 Å². The molecule has 6 heteroatoms. The van der Waals surface area contributed by atoms with E-state index in [9.17, 15) is 4.79 Å². The van der Waals surface area contributed by atoms with Crippen molar-refractivity contribution in [3.8, 4) is 6.07 Å². The van der Waals surface area contributed by atoms with Crippen LogP contribution in [0.2, 0.25) is 0 Å². The summed E-state index contributed by atoms with van der Waals surface area (Å²) in [6.07, 6.45) is 2.50. The quantitative estimate of drug-likeness (QED) is 0.357. The molecule has 0 aliphatic carbocycles. The molecule has 0 radical (unpaired) electrons. The lowest BCUT2D eigenvalue weighted by atomic mass is 10.2. The number of alkyl halides is 1. The van der Waals surface area contributed by atoms with Crippen molar-refractivity contribution in [1.29, 1.82) is 5.26 Å². The number of ether oxygens (including phenoxy) is 1. The molecule has 5 nitrogen and oxygen atoms in total. The van der Waals surface area contributed by atoms with E-state index in [1.54, 1.807) is 6.20 Å². The van der Waals surface area contributed by atoms with Gasteiger partial charge in [0, 0.05) is 31.7 Å². The van der Waals surface area contributed by atoms with E-state index >= 15 is 0 Å². The van der Waals surface area contributed by atoms with E-state index in [-0.39, 0.29) is 23.7 Å². The van der Waals surface area contributed by atoms with Gasteiger partial charge in [-0.05, 0) is 20.3 Å². The maximum Gasteiger partial charge on any atom is 0.263 e. The summed E-state index contributed by atoms with van der Waals surface area (Å²) >= 11 is 5.53. The molecule has 106 valence electrons. The van der Waals surface area contributed by atoms with Crippen LogP contribution >= 0.6 is 11.6 Å². The van der Waals surface area contributed by atoms with Crippen LogP contribution in [0.5, 0.6) is 0 Å². The van der Waals surface area contributed by atoms with Gasteiger partial charge in [0.15, 0.2) is 0 Å². The number of nitriles is 1. The number of carbonyl (C=O) groups excluding carboxylic acids is 1. The number of halogens is 1. The van der Waals surface area contributed by atoms with E-state index in [0.29, 0.717) is 31.9 Å². The fourth-order valence-corrected chi connectivity index (χ4v) is 2.14. The molecule has 0 saturated carbocycles. The lowest BCUT2D eigenvalue weighted by Gasteiger charge is -2.34. The highest BCUT2D eigenvalue weighted by Gasteiger charge is 2.21. The fourth-order valence-electron chi connectivity index (χ4n) is 2.01. The van der Waals surface area contributed by atoms with E-state index in [2.05, 4.69) is 5.32 Å². The third-order valence-corrected chi connectivity index (χ3v) is 2.99. The van der Waals surface area contributed by atoms with Crippen molar-refractivity contribution >= 4 is 17.5 Å². The molecule has 0 spiro atoms. The highest BCUT2D eigenvalue weighted by Crippen LogP contribution is 2.12. The Labute approximate surface area is 119 Å². The average molecular weight is 286 g/mol. The standard InChI is InChI=1S/C13H20ClN3O2/c1-10-7-17(8-11(2)19-10)9-12(6-15)13(18)16-5-3-4-14/h9-11H,3-5,7-8H2,1-2H3,(H,16,18)/b12-9-. The molecule has 1 aliphatic rings. The van der Waals surface area contributed by atoms with E-state index < -0.39 is 0 Å². The van der Waals surface area contributed by atoms with Gasteiger partial charge < -0.3 is 15.0 Å². The van der Waals surface area contributed by atoms with Crippen LogP contribution in [0.1, 0.15) is 20.3 Å². The molecule has 0 aromatic carbocycles. The Morgan fingerprint density at radius 1 is 1.53 bits per heavy atom. The molecule has 1 N–H and O–H groups in total. The molecule has 1 fully saturated rings. The molecule has 2 atom stereocenters. The maximum absolute atomic E-state index is 11.8. The van der Waals surface area contributed by atoms with E-state index in [4.69, 9.17) is 21.6 Å². The zero-order valence-electron chi connectivity index (χ0n) is 11.4. The highest BCUT2D eigenvalue weighted by atomic mass is 35.5. The van der Waals surface area contributed by atoms with Crippen LogP contribution in [0, 0.1) is 11.3 Å². The number of hydrogen-bond donors (Lipinski definition) is 1. The lowest BCUT2D eigenvalue weighted by molar-refractivity contribution is -0.117. The van der Waals surface area contributed by atoms with Crippen LogP contribution in [-0.4, -0.2) is 48.5 Å². The van der Waals surface area contributed by atoms with Crippen LogP contribution in [0.15, 0.2) is 11.8 Å². The topological polar surface area (TPSA) is 65.4 Å². The smallest absolute Gasteiger partial charge is 0.263 e. The van der Waals surface area contributed by atoms with Gasteiger partial charge >= 0.3 is 0 Å². The molecule has 1 heterocycles. The summed E-state index contributed by atoms with van der Waals surface area (Å²) in [5, 5.41) is 11.7. The Morgan fingerprint density at radius 3 is 2.68 bits per heavy atom. The summed E-state index contributed by atoms with van der Waals surface area (Å²) in [5.41, 5.74) is 0.121. The highest BCUT2D eigenvalue weighted by molar-refractivity contribution is 6.17. The van der Waals surface area contributed by atoms with Crippen LogP contribution in [0.4, 0.5) is 0 Å². The summed E-state index contributed by atoms with van der Waals surface area (Å²) in [7, 11) is 0. The second kappa shape index (κ2) is 8.03. The van der Waals surface area contributed by atoms with Crippen molar-refractivity contribution in [2.45, 2.75) is 32.5 Å². The number of amides is 1. The van der Waals surface area contributed by atoms with Crippen LogP contribution in [0.25, 0.3) is 0 Å². The molecule has 0 aromatic rings. The Hall–Kier alpha value is -1.25. The predicted molar refractivity (Wildman–Crippen MR) is 73.6 cm³/mol. The molecular weight excluding hydrogens is 266 g/mol. The number of morpholine rings is 1. The Kier molecular flexibility index (Phi) is 6.68. The molecule has 1 amide bonds. The molecule has 2 unspecified atom stereocenters. The fraction of sp³-hybridized carbons (Fsp3) is 0.692. The third-order valence-electron chi connectivity index (χ3n) is 2.72. The number of hydrogen-bond acceptors (Lipinski definition) is 4. The maximum atomic E-state index is 11.8. The minimum absolute atomic E-state index is 0.0965. The Bertz CT molecular complexity index is 369. The van der Waals surface area contributed by atoms with Crippen LogP contribution in [-0.2, 0) is 9.53 Å². The lowest BCUT2D eigenvalue weighted by Crippen LogP contribution is -2.43. The Balaban J connectivity index is 2.60. The molecule has 0 bridgehead atoms. The number of rotatable bonds is 5. The van der Waals surface area contributed by atoms with Gasteiger partial charge in [-0.3, -0.25) is 4.79 Å². The minimum atomic E-state index is -0.348.